The molecule has 2 fully saturated rings. The molecule has 1 aliphatic carbocycles. The molecule has 1 N–H and O–H groups in total. The molecular formula is C15H30N2. The van der Waals surface area contributed by atoms with Gasteiger partial charge < -0.3 is 5.32 Å². The largest absolute Gasteiger partial charge is 0.313 e. The fourth-order valence-electron chi connectivity index (χ4n) is 3.76. The molecule has 0 spiro atoms. The van der Waals surface area contributed by atoms with Gasteiger partial charge in [-0.25, -0.2) is 0 Å². The lowest BCUT2D eigenvalue weighted by Crippen LogP contribution is -2.43. The van der Waals surface area contributed by atoms with Gasteiger partial charge in [0.15, 0.2) is 0 Å². The molecule has 1 saturated carbocycles. The normalized spacial score (nSPS) is 28.9. The fourth-order valence-corrected chi connectivity index (χ4v) is 3.76. The Bertz CT molecular complexity index is 211. The molecule has 0 aromatic heterocycles. The van der Waals surface area contributed by atoms with Crippen LogP contribution in [0.3, 0.4) is 0 Å². The highest BCUT2D eigenvalue weighted by Crippen LogP contribution is 2.35. The maximum atomic E-state index is 3.63. The van der Waals surface area contributed by atoms with E-state index in [1.807, 2.05) is 0 Å². The molecule has 0 aromatic rings. The number of hydrogen-bond acceptors (Lipinski definition) is 2. The van der Waals surface area contributed by atoms with Gasteiger partial charge in [-0.1, -0.05) is 19.8 Å². The van der Waals surface area contributed by atoms with Gasteiger partial charge in [-0.05, 0) is 58.0 Å². The van der Waals surface area contributed by atoms with Crippen molar-refractivity contribution in [1.82, 2.24) is 10.2 Å². The summed E-state index contributed by atoms with van der Waals surface area (Å²) in [5.41, 5.74) is 0. The van der Waals surface area contributed by atoms with Gasteiger partial charge in [-0.2, -0.15) is 0 Å². The molecule has 0 aromatic carbocycles. The molecule has 0 amide bonds. The number of likely N-dealkylation sites (tertiary alicyclic amines) is 1. The van der Waals surface area contributed by atoms with E-state index in [0.29, 0.717) is 6.04 Å². The first-order valence-corrected chi connectivity index (χ1v) is 7.78. The summed E-state index contributed by atoms with van der Waals surface area (Å²) >= 11 is 0. The van der Waals surface area contributed by atoms with E-state index in [-0.39, 0.29) is 0 Å². The monoisotopic (exact) mass is 238 g/mol. The van der Waals surface area contributed by atoms with Crippen molar-refractivity contribution in [1.29, 1.82) is 0 Å². The molecule has 2 heteroatoms. The summed E-state index contributed by atoms with van der Waals surface area (Å²) < 4.78 is 0. The number of rotatable bonds is 6. The van der Waals surface area contributed by atoms with Crippen LogP contribution in [-0.4, -0.2) is 36.6 Å². The van der Waals surface area contributed by atoms with E-state index in [1.165, 1.54) is 64.6 Å². The molecule has 0 bridgehead atoms. The summed E-state index contributed by atoms with van der Waals surface area (Å²) in [5, 5.41) is 3.63. The van der Waals surface area contributed by atoms with Crippen LogP contribution in [-0.2, 0) is 0 Å². The minimum absolute atomic E-state index is 0.664. The minimum atomic E-state index is 0.664. The summed E-state index contributed by atoms with van der Waals surface area (Å²) in [6.07, 6.45) is 10.1. The first-order valence-electron chi connectivity index (χ1n) is 7.78. The predicted octanol–water partition coefficient (Wildman–Crippen LogP) is 3.03. The highest BCUT2D eigenvalue weighted by molar-refractivity contribution is 4.88. The molecule has 2 unspecified atom stereocenters. The number of hydrogen-bond donors (Lipinski definition) is 1. The summed E-state index contributed by atoms with van der Waals surface area (Å²) in [4.78, 5) is 2.78. The second kappa shape index (κ2) is 6.75. The third kappa shape index (κ3) is 3.69. The Kier molecular flexibility index (Phi) is 5.30. The molecule has 2 rings (SSSR count). The molecule has 100 valence electrons. The quantitative estimate of drug-likeness (QED) is 0.765. The molecule has 17 heavy (non-hydrogen) atoms. The zero-order valence-corrected chi connectivity index (χ0v) is 11.8. The Morgan fingerprint density at radius 1 is 1.18 bits per heavy atom. The molecule has 1 heterocycles. The molecular weight excluding hydrogens is 208 g/mol. The second-order valence-corrected chi connectivity index (χ2v) is 6.10. The summed E-state index contributed by atoms with van der Waals surface area (Å²) in [6.45, 7) is 8.38. The highest BCUT2D eigenvalue weighted by atomic mass is 15.2. The molecule has 2 aliphatic rings. The first kappa shape index (κ1) is 13.4. The second-order valence-electron chi connectivity index (χ2n) is 6.10. The van der Waals surface area contributed by atoms with Crippen LogP contribution in [0, 0.1) is 5.92 Å². The maximum Gasteiger partial charge on any atom is 0.0166 e. The Labute approximate surface area is 107 Å². The van der Waals surface area contributed by atoms with Crippen LogP contribution in [0.5, 0.6) is 0 Å². The average molecular weight is 238 g/mol. The van der Waals surface area contributed by atoms with Gasteiger partial charge in [0.1, 0.15) is 0 Å². The van der Waals surface area contributed by atoms with Crippen LogP contribution in [0.2, 0.25) is 0 Å². The van der Waals surface area contributed by atoms with Gasteiger partial charge in [-0.15, -0.1) is 0 Å². The van der Waals surface area contributed by atoms with Crippen molar-refractivity contribution in [3.05, 3.63) is 0 Å². The molecule has 0 radical (unpaired) electrons. The van der Waals surface area contributed by atoms with Gasteiger partial charge in [-0.3, -0.25) is 4.90 Å². The topological polar surface area (TPSA) is 15.3 Å². The maximum absolute atomic E-state index is 3.63. The predicted molar refractivity (Wildman–Crippen MR) is 74.3 cm³/mol. The van der Waals surface area contributed by atoms with Crippen LogP contribution < -0.4 is 5.32 Å². The van der Waals surface area contributed by atoms with E-state index in [0.717, 1.165) is 12.0 Å². The van der Waals surface area contributed by atoms with Crippen molar-refractivity contribution in [3.8, 4) is 0 Å². The summed E-state index contributed by atoms with van der Waals surface area (Å²) in [7, 11) is 0. The van der Waals surface area contributed by atoms with Gasteiger partial charge in [0, 0.05) is 18.6 Å². The van der Waals surface area contributed by atoms with Crippen molar-refractivity contribution in [2.75, 3.05) is 19.6 Å². The van der Waals surface area contributed by atoms with Gasteiger partial charge in [0.25, 0.3) is 0 Å². The van der Waals surface area contributed by atoms with Crippen molar-refractivity contribution < 1.29 is 0 Å². The Hall–Kier alpha value is -0.0800. The molecule has 1 aliphatic heterocycles. The van der Waals surface area contributed by atoms with E-state index in [2.05, 4.69) is 24.1 Å². The van der Waals surface area contributed by atoms with Crippen LogP contribution in [0.1, 0.15) is 58.8 Å². The molecule has 2 atom stereocenters. The highest BCUT2D eigenvalue weighted by Gasteiger charge is 2.33. The SMILES string of the molecule is CCCNC(C)CN1CCCC1C1CCCC1. The van der Waals surface area contributed by atoms with E-state index >= 15 is 0 Å². The van der Waals surface area contributed by atoms with Gasteiger partial charge in [0.2, 0.25) is 0 Å². The lowest BCUT2D eigenvalue weighted by molar-refractivity contribution is 0.176. The Morgan fingerprint density at radius 2 is 1.94 bits per heavy atom. The van der Waals surface area contributed by atoms with E-state index < -0.39 is 0 Å². The van der Waals surface area contributed by atoms with Crippen LogP contribution in [0.15, 0.2) is 0 Å². The first-order chi connectivity index (χ1) is 8.31. The molecule has 1 saturated heterocycles. The van der Waals surface area contributed by atoms with Crippen LogP contribution >= 0.6 is 0 Å². The number of nitrogens with one attached hydrogen (secondary N) is 1. The van der Waals surface area contributed by atoms with Crippen molar-refractivity contribution in [2.45, 2.75) is 70.9 Å². The molecule has 2 nitrogen and oxygen atoms in total. The average Bonchev–Trinajstić information content (AvgIpc) is 2.95. The van der Waals surface area contributed by atoms with Gasteiger partial charge >= 0.3 is 0 Å². The Balaban J connectivity index is 1.78. The summed E-state index contributed by atoms with van der Waals surface area (Å²) in [6, 6.07) is 1.58. The zero-order valence-electron chi connectivity index (χ0n) is 11.8. The van der Waals surface area contributed by atoms with Crippen molar-refractivity contribution >= 4 is 0 Å². The minimum Gasteiger partial charge on any atom is -0.313 e. The summed E-state index contributed by atoms with van der Waals surface area (Å²) in [5.74, 6) is 1.02. The van der Waals surface area contributed by atoms with Crippen molar-refractivity contribution in [2.24, 2.45) is 5.92 Å². The standard InChI is InChI=1S/C15H30N2/c1-3-10-16-13(2)12-17-11-6-9-15(17)14-7-4-5-8-14/h13-16H,3-12H2,1-2H3. The Morgan fingerprint density at radius 3 is 2.65 bits per heavy atom. The van der Waals surface area contributed by atoms with Crippen LogP contribution in [0.4, 0.5) is 0 Å². The fraction of sp³-hybridized carbons (Fsp3) is 1.00. The lowest BCUT2D eigenvalue weighted by atomic mass is 9.96. The zero-order chi connectivity index (χ0) is 12.1. The van der Waals surface area contributed by atoms with E-state index in [9.17, 15) is 0 Å². The van der Waals surface area contributed by atoms with Crippen molar-refractivity contribution in [3.63, 3.8) is 0 Å². The third-order valence-electron chi connectivity index (χ3n) is 4.61. The smallest absolute Gasteiger partial charge is 0.0166 e. The van der Waals surface area contributed by atoms with Crippen LogP contribution in [0.25, 0.3) is 0 Å². The van der Waals surface area contributed by atoms with Gasteiger partial charge in [0.05, 0.1) is 0 Å². The lowest BCUT2D eigenvalue weighted by Gasteiger charge is -2.31. The van der Waals surface area contributed by atoms with E-state index in [4.69, 9.17) is 0 Å². The third-order valence-corrected chi connectivity index (χ3v) is 4.61. The number of nitrogens with zero attached hydrogens (tertiary/aromatic N) is 1. The van der Waals surface area contributed by atoms with E-state index in [1.54, 1.807) is 0 Å².